The fraction of sp³-hybridized carbons (Fsp3) is 0.0870. The van der Waals surface area contributed by atoms with Crippen molar-refractivity contribution >= 4 is 33.5 Å². The zero-order valence-corrected chi connectivity index (χ0v) is 18.6. The summed E-state index contributed by atoms with van der Waals surface area (Å²) in [6, 6.07) is 24.9. The maximum Gasteiger partial charge on any atom is 0.196 e. The highest BCUT2D eigenvalue weighted by molar-refractivity contribution is 9.10. The molecule has 3 aromatic carbocycles. The van der Waals surface area contributed by atoms with Gasteiger partial charge in [-0.2, -0.15) is 0 Å². The summed E-state index contributed by atoms with van der Waals surface area (Å²) in [6.45, 7) is 0. The molecule has 0 saturated heterocycles. The van der Waals surface area contributed by atoms with E-state index >= 15 is 0 Å². The molecule has 5 nitrogen and oxygen atoms in total. The van der Waals surface area contributed by atoms with E-state index in [1.54, 1.807) is 31.4 Å². The molecule has 0 radical (unpaired) electrons. The van der Waals surface area contributed by atoms with Gasteiger partial charge in [0.25, 0.3) is 0 Å². The second-order valence-corrected chi connectivity index (χ2v) is 8.19. The van der Waals surface area contributed by atoms with Crippen molar-refractivity contribution in [1.82, 2.24) is 14.8 Å². The van der Waals surface area contributed by atoms with Crippen LogP contribution in [0.25, 0.3) is 17.1 Å². The molecule has 150 valence electrons. The third kappa shape index (κ3) is 4.32. The molecule has 0 N–H and O–H groups in total. The summed E-state index contributed by atoms with van der Waals surface area (Å²) >= 11 is 4.97. The quantitative estimate of drug-likeness (QED) is 0.252. The Morgan fingerprint density at radius 3 is 2.37 bits per heavy atom. The first-order valence-corrected chi connectivity index (χ1v) is 11.0. The Bertz CT molecular complexity index is 1160. The lowest BCUT2D eigenvalue weighted by atomic mass is 10.1. The van der Waals surface area contributed by atoms with Crippen LogP contribution in [-0.2, 0) is 0 Å². The minimum atomic E-state index is 0.0210. The number of nitrogens with zero attached hydrogens (tertiary/aromatic N) is 3. The molecular weight excluding hydrogens is 462 g/mol. The average molecular weight is 480 g/mol. The van der Waals surface area contributed by atoms with Gasteiger partial charge in [0, 0.05) is 21.3 Å². The summed E-state index contributed by atoms with van der Waals surface area (Å²) in [4.78, 5) is 12.7. The van der Waals surface area contributed by atoms with E-state index in [0.29, 0.717) is 16.5 Å². The Hall–Kier alpha value is -2.90. The number of carbonyl (C=O) groups is 1. The number of benzene rings is 3. The van der Waals surface area contributed by atoms with Crippen LogP contribution in [-0.4, -0.2) is 33.4 Å². The van der Waals surface area contributed by atoms with Crippen LogP contribution in [0, 0.1) is 0 Å². The fourth-order valence-corrected chi connectivity index (χ4v) is 4.29. The first-order valence-electron chi connectivity index (χ1n) is 9.23. The number of Topliss-reactive ketones (excluding diaryl/α,β-unsaturated/α-hetero) is 1. The molecule has 7 heteroatoms. The van der Waals surface area contributed by atoms with Gasteiger partial charge in [0.15, 0.2) is 16.8 Å². The molecule has 0 bridgehead atoms. The average Bonchev–Trinajstić information content (AvgIpc) is 3.22. The number of methoxy groups -OCH3 is 1. The third-order valence-electron chi connectivity index (χ3n) is 4.51. The van der Waals surface area contributed by atoms with Gasteiger partial charge in [0.2, 0.25) is 0 Å². The lowest BCUT2D eigenvalue weighted by Gasteiger charge is -2.11. The van der Waals surface area contributed by atoms with Gasteiger partial charge in [-0.25, -0.2) is 0 Å². The molecule has 4 aromatic rings. The van der Waals surface area contributed by atoms with Gasteiger partial charge < -0.3 is 4.74 Å². The van der Waals surface area contributed by atoms with E-state index in [1.165, 1.54) is 11.8 Å². The monoisotopic (exact) mass is 479 g/mol. The van der Waals surface area contributed by atoms with Crippen LogP contribution < -0.4 is 4.74 Å². The molecule has 0 aliphatic rings. The van der Waals surface area contributed by atoms with Crippen molar-refractivity contribution in [2.75, 3.05) is 12.9 Å². The molecule has 0 saturated carbocycles. The standard InChI is InChI=1S/C23H18BrN3O2S/c1-29-18-13-11-16(12-14-18)21(28)15-30-23-26-25-22(19-9-5-6-10-20(19)24)27(23)17-7-3-2-4-8-17/h2-14H,15H2,1H3. The van der Waals surface area contributed by atoms with Crippen LogP contribution >= 0.6 is 27.7 Å². The van der Waals surface area contributed by atoms with Crippen LogP contribution in [0.5, 0.6) is 5.75 Å². The van der Waals surface area contributed by atoms with Crippen molar-refractivity contribution in [2.45, 2.75) is 5.16 Å². The zero-order chi connectivity index (χ0) is 20.9. The maximum atomic E-state index is 12.7. The van der Waals surface area contributed by atoms with E-state index in [1.807, 2.05) is 59.2 Å². The summed E-state index contributed by atoms with van der Waals surface area (Å²) in [5, 5.41) is 9.48. The van der Waals surface area contributed by atoms with Gasteiger partial charge in [-0.1, -0.05) is 64.1 Å². The summed E-state index contributed by atoms with van der Waals surface area (Å²) in [7, 11) is 1.60. The number of thioether (sulfide) groups is 1. The van der Waals surface area contributed by atoms with E-state index in [-0.39, 0.29) is 11.5 Å². The smallest absolute Gasteiger partial charge is 0.196 e. The number of ether oxygens (including phenoxy) is 1. The second kappa shape index (κ2) is 9.28. The molecule has 0 aliphatic carbocycles. The number of carbonyl (C=O) groups excluding carboxylic acids is 1. The highest BCUT2D eigenvalue weighted by atomic mass is 79.9. The lowest BCUT2D eigenvalue weighted by Crippen LogP contribution is -2.05. The van der Waals surface area contributed by atoms with Gasteiger partial charge in [-0.3, -0.25) is 9.36 Å². The summed E-state index contributed by atoms with van der Waals surface area (Å²) in [5.74, 6) is 1.72. The summed E-state index contributed by atoms with van der Waals surface area (Å²) < 4.78 is 8.06. The van der Waals surface area contributed by atoms with E-state index in [2.05, 4.69) is 26.1 Å². The lowest BCUT2D eigenvalue weighted by molar-refractivity contribution is 0.102. The number of aromatic nitrogens is 3. The first kappa shape index (κ1) is 20.4. The summed E-state index contributed by atoms with van der Waals surface area (Å²) in [6.07, 6.45) is 0. The van der Waals surface area contributed by atoms with Gasteiger partial charge in [-0.05, 0) is 42.5 Å². The highest BCUT2D eigenvalue weighted by Gasteiger charge is 2.19. The minimum absolute atomic E-state index is 0.0210. The van der Waals surface area contributed by atoms with Crippen molar-refractivity contribution in [3.63, 3.8) is 0 Å². The molecule has 1 heterocycles. The Balaban J connectivity index is 1.65. The number of hydrogen-bond acceptors (Lipinski definition) is 5. The Kier molecular flexibility index (Phi) is 6.30. The fourth-order valence-electron chi connectivity index (χ4n) is 2.98. The third-order valence-corrected chi connectivity index (χ3v) is 6.13. The first-order chi connectivity index (χ1) is 14.7. The zero-order valence-electron chi connectivity index (χ0n) is 16.2. The SMILES string of the molecule is COc1ccc(C(=O)CSc2nnc(-c3ccccc3Br)n2-c2ccccc2)cc1. The molecule has 0 spiro atoms. The number of hydrogen-bond donors (Lipinski definition) is 0. The van der Waals surface area contributed by atoms with Crippen LogP contribution in [0.2, 0.25) is 0 Å². The predicted molar refractivity (Wildman–Crippen MR) is 123 cm³/mol. The number of para-hydroxylation sites is 1. The summed E-state index contributed by atoms with van der Waals surface area (Å²) in [5.41, 5.74) is 2.51. The topological polar surface area (TPSA) is 57.0 Å². The van der Waals surface area contributed by atoms with E-state index in [0.717, 1.165) is 21.5 Å². The van der Waals surface area contributed by atoms with Gasteiger partial charge in [0.1, 0.15) is 5.75 Å². The highest BCUT2D eigenvalue weighted by Crippen LogP contribution is 2.32. The van der Waals surface area contributed by atoms with Crippen LogP contribution in [0.1, 0.15) is 10.4 Å². The van der Waals surface area contributed by atoms with Crippen LogP contribution in [0.15, 0.2) is 88.5 Å². The number of rotatable bonds is 7. The van der Waals surface area contributed by atoms with Gasteiger partial charge >= 0.3 is 0 Å². The molecule has 30 heavy (non-hydrogen) atoms. The number of ketones is 1. The Labute approximate surface area is 187 Å². The van der Waals surface area contributed by atoms with Crippen LogP contribution in [0.3, 0.4) is 0 Å². The predicted octanol–water partition coefficient (Wildman–Crippen LogP) is 5.68. The van der Waals surface area contributed by atoms with Crippen molar-refractivity contribution in [3.8, 4) is 22.8 Å². The molecular formula is C23H18BrN3O2S. The molecule has 0 fully saturated rings. The van der Waals surface area contributed by atoms with Crippen molar-refractivity contribution in [1.29, 1.82) is 0 Å². The molecule has 1 aromatic heterocycles. The van der Waals surface area contributed by atoms with Crippen molar-refractivity contribution < 1.29 is 9.53 Å². The molecule has 0 atom stereocenters. The Morgan fingerprint density at radius 1 is 0.967 bits per heavy atom. The van der Waals surface area contributed by atoms with Gasteiger partial charge in [0.05, 0.1) is 12.9 Å². The molecule has 4 rings (SSSR count). The van der Waals surface area contributed by atoms with E-state index in [9.17, 15) is 4.79 Å². The normalized spacial score (nSPS) is 10.7. The van der Waals surface area contributed by atoms with Crippen molar-refractivity contribution in [3.05, 3.63) is 88.9 Å². The largest absolute Gasteiger partial charge is 0.497 e. The Morgan fingerprint density at radius 2 is 1.67 bits per heavy atom. The van der Waals surface area contributed by atoms with E-state index in [4.69, 9.17) is 4.74 Å². The molecule has 0 aliphatic heterocycles. The van der Waals surface area contributed by atoms with E-state index < -0.39 is 0 Å². The molecule has 0 amide bonds. The molecule has 0 unspecified atom stereocenters. The second-order valence-electron chi connectivity index (χ2n) is 6.40. The van der Waals surface area contributed by atoms with Crippen LogP contribution in [0.4, 0.5) is 0 Å². The van der Waals surface area contributed by atoms with Gasteiger partial charge in [-0.15, -0.1) is 10.2 Å². The maximum absolute atomic E-state index is 12.7. The number of halogens is 1. The minimum Gasteiger partial charge on any atom is -0.497 e. The van der Waals surface area contributed by atoms with Crippen molar-refractivity contribution in [2.24, 2.45) is 0 Å².